The van der Waals surface area contributed by atoms with Crippen LogP contribution in [0.15, 0.2) is 42.6 Å². The normalized spacial score (nSPS) is 13.5. The van der Waals surface area contributed by atoms with Gasteiger partial charge in [-0.1, -0.05) is 30.3 Å². The summed E-state index contributed by atoms with van der Waals surface area (Å²) in [5.74, 6) is -4.70. The molecule has 176 valence electrons. The number of hydrogen-bond donors (Lipinski definition) is 4. The van der Waals surface area contributed by atoms with E-state index < -0.39 is 36.4 Å². The lowest BCUT2D eigenvalue weighted by molar-refractivity contribution is -0.858. The van der Waals surface area contributed by atoms with Crippen molar-refractivity contribution in [3.8, 4) is 0 Å². The van der Waals surface area contributed by atoms with Gasteiger partial charge in [0.15, 0.2) is 5.60 Å². The van der Waals surface area contributed by atoms with Crippen LogP contribution in [0.3, 0.4) is 0 Å². The van der Waals surface area contributed by atoms with Crippen molar-refractivity contribution in [2.24, 2.45) is 7.05 Å². The molecule has 2 rings (SSSR count). The number of ether oxygens (including phenoxy) is 1. The zero-order chi connectivity index (χ0) is 24.3. The highest BCUT2D eigenvalue weighted by Gasteiger charge is 2.43. The summed E-state index contributed by atoms with van der Waals surface area (Å²) in [6.45, 7) is 1.72. The molecule has 1 aromatic heterocycles. The number of aliphatic carboxylic acids is 2. The molecule has 0 saturated heterocycles. The van der Waals surface area contributed by atoms with Crippen LogP contribution in [-0.2, 0) is 26.2 Å². The maximum Gasteiger partial charge on any atom is 0.519 e. The molecule has 2 unspecified atom stereocenters. The molecule has 0 aliphatic carbocycles. The molecule has 11 nitrogen and oxygen atoms in total. The minimum Gasteiger partial charge on any atom is -0.565 e. The van der Waals surface area contributed by atoms with Crippen molar-refractivity contribution >= 4 is 17.9 Å². The third-order valence-electron chi connectivity index (χ3n) is 4.41. The van der Waals surface area contributed by atoms with Crippen LogP contribution in [0.1, 0.15) is 30.2 Å². The van der Waals surface area contributed by atoms with Crippen LogP contribution in [0, 0.1) is 0 Å². The van der Waals surface area contributed by atoms with Gasteiger partial charge in [0, 0.05) is 18.0 Å². The van der Waals surface area contributed by atoms with Crippen molar-refractivity contribution in [1.82, 2.24) is 9.78 Å². The third kappa shape index (κ3) is 8.84. The maximum atomic E-state index is 10.3. The van der Waals surface area contributed by atoms with Crippen LogP contribution >= 0.6 is 0 Å². The lowest BCUT2D eigenvalue weighted by Gasteiger charge is -2.19. The minimum atomic E-state index is -2.68. The number of rotatable bonds is 11. The maximum absolute atomic E-state index is 10.3. The summed E-state index contributed by atoms with van der Waals surface area (Å²) >= 11 is 0. The van der Waals surface area contributed by atoms with E-state index in [1.54, 1.807) is 0 Å². The number of likely N-dealkylation sites (N-methyl/N-ethyl adjacent to an activating group) is 1. The number of quaternary nitrogens is 1. The fourth-order valence-corrected chi connectivity index (χ4v) is 2.73. The van der Waals surface area contributed by atoms with E-state index in [1.807, 2.05) is 42.2 Å². The van der Waals surface area contributed by atoms with Gasteiger partial charge < -0.3 is 30.1 Å². The Morgan fingerprint density at radius 2 is 1.78 bits per heavy atom. The molecule has 1 aromatic carbocycles. The lowest BCUT2D eigenvalue weighted by Crippen LogP contribution is -3.06. The van der Waals surface area contributed by atoms with Gasteiger partial charge in [0.05, 0.1) is 32.8 Å². The van der Waals surface area contributed by atoms with Gasteiger partial charge in [-0.05, 0) is 11.6 Å². The van der Waals surface area contributed by atoms with E-state index in [9.17, 15) is 14.4 Å². The smallest absolute Gasteiger partial charge is 0.519 e. The average Bonchev–Trinajstić information content (AvgIpc) is 3.10. The zero-order valence-corrected chi connectivity index (χ0v) is 18.3. The molecule has 0 fully saturated rings. The van der Waals surface area contributed by atoms with Crippen LogP contribution in [0.5, 0.6) is 0 Å². The number of carboxylic acid groups (broad SMARTS) is 2. The number of aromatic nitrogens is 2. The van der Waals surface area contributed by atoms with Crippen molar-refractivity contribution in [3.05, 3.63) is 53.9 Å². The van der Waals surface area contributed by atoms with Crippen molar-refractivity contribution in [2.75, 3.05) is 27.2 Å². The summed E-state index contributed by atoms with van der Waals surface area (Å²) in [5.41, 5.74) is -0.426. The Hall–Kier alpha value is -3.28. The van der Waals surface area contributed by atoms with Gasteiger partial charge >= 0.3 is 17.9 Å². The first kappa shape index (κ1) is 26.8. The highest BCUT2D eigenvalue weighted by Crippen LogP contribution is 2.24. The summed E-state index contributed by atoms with van der Waals surface area (Å²) in [7, 11) is 6.21. The monoisotopic (exact) mass is 453 g/mol. The molecule has 6 N–H and O–H groups in total. The molecule has 2 aromatic rings. The molecule has 0 spiro atoms. The summed E-state index contributed by atoms with van der Waals surface area (Å²) in [4.78, 5) is 32.0. The van der Waals surface area contributed by atoms with E-state index in [0.717, 1.165) is 18.8 Å². The predicted molar refractivity (Wildman–Crippen MR) is 113 cm³/mol. The number of nitrogens with one attached hydrogen (secondary N) is 1. The fraction of sp³-hybridized carbons (Fsp3) is 0.429. The number of hydrogen-bond acceptors (Lipinski definition) is 6. The third-order valence-corrected chi connectivity index (χ3v) is 4.41. The number of aryl methyl sites for hydroxylation is 1. The highest BCUT2D eigenvalue weighted by atomic mass is 16.5. The Bertz CT molecular complexity index is 866. The number of nitrogens with zero attached hydrogens (tertiary/aromatic N) is 2. The van der Waals surface area contributed by atoms with E-state index in [4.69, 9.17) is 25.2 Å². The summed E-state index contributed by atoms with van der Waals surface area (Å²) < 4.78 is 7.96. The number of benzene rings is 1. The second-order valence-corrected chi connectivity index (χ2v) is 7.51. The number of carbonyl (C=O) groups is 3. The Labute approximate surface area is 185 Å². The minimum absolute atomic E-state index is 0.0481. The largest absolute Gasteiger partial charge is 0.565 e. The van der Waals surface area contributed by atoms with Crippen molar-refractivity contribution in [3.63, 3.8) is 0 Å². The van der Waals surface area contributed by atoms with Crippen molar-refractivity contribution in [1.29, 1.82) is 0 Å². The van der Waals surface area contributed by atoms with Crippen LogP contribution < -0.4 is 4.90 Å². The van der Waals surface area contributed by atoms with Crippen LogP contribution in [0.4, 0.5) is 0 Å². The molecule has 0 aliphatic heterocycles. The van der Waals surface area contributed by atoms with Crippen molar-refractivity contribution in [2.45, 2.75) is 24.5 Å². The van der Waals surface area contributed by atoms with E-state index in [2.05, 4.69) is 31.3 Å². The second-order valence-electron chi connectivity index (χ2n) is 7.51. The van der Waals surface area contributed by atoms with Gasteiger partial charge in [0.2, 0.25) is 0 Å². The SMILES string of the molecule is Cn1nccc1C(OCC[NH+](C)C)c1ccccc1.O=C(O)CC(O)(CC(=O)[OH2+])C(=O)O. The lowest BCUT2D eigenvalue weighted by atomic mass is 9.96. The van der Waals surface area contributed by atoms with E-state index >= 15 is 0 Å². The molecular formula is C21H31N3O8+2. The first-order chi connectivity index (χ1) is 15.0. The molecule has 0 aliphatic rings. The Morgan fingerprint density at radius 3 is 2.22 bits per heavy atom. The van der Waals surface area contributed by atoms with Gasteiger partial charge in [-0.25, -0.2) is 4.79 Å². The molecule has 1 heterocycles. The van der Waals surface area contributed by atoms with E-state index in [-0.39, 0.29) is 6.10 Å². The van der Waals surface area contributed by atoms with Crippen molar-refractivity contribution < 1.29 is 44.4 Å². The molecule has 0 radical (unpaired) electrons. The quantitative estimate of drug-likeness (QED) is 0.301. The molecule has 0 amide bonds. The molecule has 2 atom stereocenters. The van der Waals surface area contributed by atoms with Crippen LogP contribution in [-0.4, -0.2) is 81.0 Å². The molecule has 0 saturated carbocycles. The number of aliphatic hydroxyl groups is 1. The second kappa shape index (κ2) is 12.5. The summed E-state index contributed by atoms with van der Waals surface area (Å²) in [6.07, 6.45) is -0.374. The van der Waals surface area contributed by atoms with Gasteiger partial charge in [-0.3, -0.25) is 9.48 Å². The topological polar surface area (TPSA) is 166 Å². The molecule has 0 bridgehead atoms. The summed E-state index contributed by atoms with van der Waals surface area (Å²) in [5, 5.41) is 36.4. The Balaban J connectivity index is 0.000000347. The van der Waals surface area contributed by atoms with Gasteiger partial charge in [0.25, 0.3) is 0 Å². The zero-order valence-electron chi connectivity index (χ0n) is 18.3. The first-order valence-electron chi connectivity index (χ1n) is 9.81. The van der Waals surface area contributed by atoms with Crippen LogP contribution in [0.25, 0.3) is 0 Å². The molecular weight excluding hydrogens is 422 g/mol. The Kier molecular flexibility index (Phi) is 10.5. The Morgan fingerprint density at radius 1 is 1.16 bits per heavy atom. The summed E-state index contributed by atoms with van der Waals surface area (Å²) in [6, 6.07) is 12.3. The highest BCUT2D eigenvalue weighted by molar-refractivity contribution is 5.88. The predicted octanol–water partition coefficient (Wildman–Crippen LogP) is -1.41. The van der Waals surface area contributed by atoms with E-state index in [1.165, 1.54) is 10.5 Å². The van der Waals surface area contributed by atoms with Crippen LogP contribution in [0.2, 0.25) is 0 Å². The van der Waals surface area contributed by atoms with E-state index in [0.29, 0.717) is 0 Å². The standard InChI is InChI=1S/C15H21N3O.C6H8O7/c1-17(2)11-12-19-15(13-7-5-4-6-8-13)14-9-10-16-18(14)3;7-3(8)1-6(13,5(11)12)2-4(9)10/h4-10,15H,11-12H2,1-3H3;13H,1-2H2,(H,7,8)(H,9,10)(H,11,12)/p+2. The number of carbonyl (C=O) groups excluding carboxylic acids is 1. The molecule has 32 heavy (non-hydrogen) atoms. The molecule has 11 heteroatoms. The van der Waals surface area contributed by atoms with Gasteiger partial charge in [-0.2, -0.15) is 5.10 Å². The number of carboxylic acids is 2. The van der Waals surface area contributed by atoms with Gasteiger partial charge in [0.1, 0.15) is 19.1 Å². The van der Waals surface area contributed by atoms with Gasteiger partial charge in [-0.15, -0.1) is 0 Å². The first-order valence-corrected chi connectivity index (χ1v) is 9.81. The average molecular weight is 453 g/mol. The fourth-order valence-electron chi connectivity index (χ4n) is 2.73.